The molecule has 4 rings (SSSR count). The van der Waals surface area contributed by atoms with Gasteiger partial charge in [-0.2, -0.15) is 0 Å². The summed E-state index contributed by atoms with van der Waals surface area (Å²) in [7, 11) is 1.62. The normalized spacial score (nSPS) is 13.9. The molecule has 3 aromatic rings. The number of aromatic nitrogens is 2. The summed E-state index contributed by atoms with van der Waals surface area (Å²) in [6.45, 7) is 1.81. The van der Waals surface area contributed by atoms with Crippen LogP contribution in [0.1, 0.15) is 30.2 Å². The minimum atomic E-state index is -0.353. The lowest BCUT2D eigenvalue weighted by Gasteiger charge is -2.05. The van der Waals surface area contributed by atoms with E-state index in [4.69, 9.17) is 9.26 Å². The van der Waals surface area contributed by atoms with Crippen LogP contribution in [0.4, 0.5) is 15.6 Å². The molecule has 0 bridgehead atoms. The predicted molar refractivity (Wildman–Crippen MR) is 92.0 cm³/mol. The number of nitrogens with zero attached hydrogens (tertiary/aromatic N) is 2. The van der Waals surface area contributed by atoms with Crippen LogP contribution in [0, 0.1) is 6.92 Å². The standard InChI is InChI=1S/C16H16N4O3S/c1-8-13(14(23-20-8)9-3-4-9)18-15(21)19-16-17-11-6-5-10(22-2)7-12(11)24-16/h5-7,9H,3-4H2,1-2H3,(H2,17,18,19,21). The van der Waals surface area contributed by atoms with Crippen LogP contribution >= 0.6 is 11.3 Å². The zero-order valence-corrected chi connectivity index (χ0v) is 14.1. The number of hydrogen-bond acceptors (Lipinski definition) is 6. The third-order valence-electron chi connectivity index (χ3n) is 3.89. The van der Waals surface area contributed by atoms with E-state index < -0.39 is 0 Å². The number of carbonyl (C=O) groups excluding carboxylic acids is 1. The Kier molecular flexibility index (Phi) is 3.61. The van der Waals surface area contributed by atoms with Gasteiger partial charge >= 0.3 is 6.03 Å². The van der Waals surface area contributed by atoms with Gasteiger partial charge in [-0.15, -0.1) is 0 Å². The van der Waals surface area contributed by atoms with Crippen LogP contribution in [-0.4, -0.2) is 23.3 Å². The second-order valence-electron chi connectivity index (χ2n) is 5.71. The SMILES string of the molecule is COc1ccc2nc(NC(=O)Nc3c(C)noc3C3CC3)sc2c1. The summed E-state index contributed by atoms with van der Waals surface area (Å²) >= 11 is 1.39. The van der Waals surface area contributed by atoms with Crippen molar-refractivity contribution < 1.29 is 14.1 Å². The summed E-state index contributed by atoms with van der Waals surface area (Å²) in [4.78, 5) is 16.7. The molecule has 24 heavy (non-hydrogen) atoms. The maximum absolute atomic E-state index is 12.3. The summed E-state index contributed by atoms with van der Waals surface area (Å²) < 4.78 is 11.5. The number of carbonyl (C=O) groups is 1. The molecule has 1 aliphatic carbocycles. The van der Waals surface area contributed by atoms with E-state index in [2.05, 4.69) is 20.8 Å². The first kappa shape index (κ1) is 14.9. The minimum Gasteiger partial charge on any atom is -0.497 e. The second kappa shape index (κ2) is 5.79. The molecule has 2 heterocycles. The van der Waals surface area contributed by atoms with E-state index in [1.54, 1.807) is 7.11 Å². The lowest BCUT2D eigenvalue weighted by molar-refractivity contribution is 0.262. The van der Waals surface area contributed by atoms with Crippen LogP contribution in [0.5, 0.6) is 5.75 Å². The monoisotopic (exact) mass is 344 g/mol. The van der Waals surface area contributed by atoms with E-state index in [-0.39, 0.29) is 6.03 Å². The Morgan fingerprint density at radius 1 is 1.38 bits per heavy atom. The molecule has 7 nitrogen and oxygen atoms in total. The van der Waals surface area contributed by atoms with Crippen LogP contribution in [0.2, 0.25) is 0 Å². The molecule has 2 N–H and O–H groups in total. The Morgan fingerprint density at radius 3 is 2.96 bits per heavy atom. The smallest absolute Gasteiger partial charge is 0.325 e. The number of fused-ring (bicyclic) bond motifs is 1. The van der Waals surface area contributed by atoms with Gasteiger partial charge in [-0.05, 0) is 38.0 Å². The first-order chi connectivity index (χ1) is 11.6. The molecule has 1 fully saturated rings. The Morgan fingerprint density at radius 2 is 2.21 bits per heavy atom. The van der Waals surface area contributed by atoms with Crippen LogP contribution in [0.25, 0.3) is 10.2 Å². The molecule has 2 aromatic heterocycles. The van der Waals surface area contributed by atoms with Gasteiger partial charge in [0.05, 0.1) is 17.3 Å². The molecule has 0 radical (unpaired) electrons. The van der Waals surface area contributed by atoms with Crippen LogP contribution in [0.3, 0.4) is 0 Å². The topological polar surface area (TPSA) is 89.3 Å². The van der Waals surface area contributed by atoms with Crippen molar-refractivity contribution in [2.24, 2.45) is 0 Å². The summed E-state index contributed by atoms with van der Waals surface area (Å²) in [6, 6.07) is 5.25. The molecule has 124 valence electrons. The van der Waals surface area contributed by atoms with Crippen molar-refractivity contribution in [2.75, 3.05) is 17.7 Å². The Bertz CT molecular complexity index is 913. The number of anilines is 2. The molecular weight excluding hydrogens is 328 g/mol. The third-order valence-corrected chi connectivity index (χ3v) is 4.83. The number of ether oxygens (including phenoxy) is 1. The van der Waals surface area contributed by atoms with Crippen molar-refractivity contribution >= 4 is 38.4 Å². The predicted octanol–water partition coefficient (Wildman–Crippen LogP) is 4.12. The van der Waals surface area contributed by atoms with E-state index in [1.807, 2.05) is 25.1 Å². The van der Waals surface area contributed by atoms with Crippen LogP contribution in [-0.2, 0) is 0 Å². The fraction of sp³-hybridized carbons (Fsp3) is 0.312. The van der Waals surface area contributed by atoms with Crippen molar-refractivity contribution in [1.82, 2.24) is 10.1 Å². The average Bonchev–Trinajstić information content (AvgIpc) is 3.24. The summed E-state index contributed by atoms with van der Waals surface area (Å²) in [5.74, 6) is 1.89. The number of thiazole rings is 1. The number of urea groups is 1. The molecule has 0 spiro atoms. The van der Waals surface area contributed by atoms with Crippen molar-refractivity contribution in [3.05, 3.63) is 29.7 Å². The number of rotatable bonds is 4. The second-order valence-corrected chi connectivity index (χ2v) is 6.74. The van der Waals surface area contributed by atoms with Gasteiger partial charge in [0.25, 0.3) is 0 Å². The molecule has 2 amide bonds. The molecule has 8 heteroatoms. The lowest BCUT2D eigenvalue weighted by atomic mass is 10.2. The molecule has 1 aliphatic rings. The number of hydrogen-bond donors (Lipinski definition) is 2. The highest BCUT2D eigenvalue weighted by atomic mass is 32.1. The minimum absolute atomic E-state index is 0.353. The molecule has 0 unspecified atom stereocenters. The van der Waals surface area contributed by atoms with Gasteiger partial charge in [0.1, 0.15) is 17.1 Å². The average molecular weight is 344 g/mol. The van der Waals surface area contributed by atoms with E-state index in [0.29, 0.717) is 22.4 Å². The molecular formula is C16H16N4O3S. The number of amides is 2. The molecule has 1 saturated carbocycles. The van der Waals surface area contributed by atoms with Gasteiger partial charge < -0.3 is 14.6 Å². The van der Waals surface area contributed by atoms with Crippen LogP contribution < -0.4 is 15.4 Å². The van der Waals surface area contributed by atoms with Crippen molar-refractivity contribution in [1.29, 1.82) is 0 Å². The van der Waals surface area contributed by atoms with Crippen LogP contribution in [0.15, 0.2) is 22.7 Å². The van der Waals surface area contributed by atoms with Gasteiger partial charge in [-0.3, -0.25) is 5.32 Å². The van der Waals surface area contributed by atoms with E-state index >= 15 is 0 Å². The Balaban J connectivity index is 1.51. The fourth-order valence-corrected chi connectivity index (χ4v) is 3.38. The summed E-state index contributed by atoms with van der Waals surface area (Å²) in [6.07, 6.45) is 2.15. The maximum Gasteiger partial charge on any atom is 0.325 e. The molecule has 0 saturated heterocycles. The van der Waals surface area contributed by atoms with Crippen molar-refractivity contribution in [3.8, 4) is 5.75 Å². The van der Waals surface area contributed by atoms with Gasteiger partial charge in [0.2, 0.25) is 0 Å². The van der Waals surface area contributed by atoms with Gasteiger partial charge in [-0.1, -0.05) is 16.5 Å². The van der Waals surface area contributed by atoms with Crippen molar-refractivity contribution in [3.63, 3.8) is 0 Å². The summed E-state index contributed by atoms with van der Waals surface area (Å²) in [5, 5.41) is 10.1. The first-order valence-electron chi connectivity index (χ1n) is 7.63. The zero-order valence-electron chi connectivity index (χ0n) is 13.3. The van der Waals surface area contributed by atoms with Gasteiger partial charge in [-0.25, -0.2) is 9.78 Å². The van der Waals surface area contributed by atoms with E-state index in [9.17, 15) is 4.79 Å². The highest BCUT2D eigenvalue weighted by molar-refractivity contribution is 7.22. The maximum atomic E-state index is 12.3. The number of nitrogens with one attached hydrogen (secondary N) is 2. The lowest BCUT2D eigenvalue weighted by Crippen LogP contribution is -2.20. The van der Waals surface area contributed by atoms with Crippen molar-refractivity contribution in [2.45, 2.75) is 25.7 Å². The number of benzene rings is 1. The largest absolute Gasteiger partial charge is 0.497 e. The first-order valence-corrected chi connectivity index (χ1v) is 8.44. The zero-order chi connectivity index (χ0) is 16.7. The quantitative estimate of drug-likeness (QED) is 0.743. The van der Waals surface area contributed by atoms with Gasteiger partial charge in [0.15, 0.2) is 10.9 Å². The van der Waals surface area contributed by atoms with Gasteiger partial charge in [0, 0.05) is 5.92 Å². The summed E-state index contributed by atoms with van der Waals surface area (Å²) in [5.41, 5.74) is 2.16. The fourth-order valence-electron chi connectivity index (χ4n) is 2.49. The third kappa shape index (κ3) is 2.80. The molecule has 1 aromatic carbocycles. The number of methoxy groups -OCH3 is 1. The highest BCUT2D eigenvalue weighted by Gasteiger charge is 2.32. The van der Waals surface area contributed by atoms with E-state index in [1.165, 1.54) is 11.3 Å². The molecule has 0 atom stereocenters. The van der Waals surface area contributed by atoms with E-state index in [0.717, 1.165) is 34.6 Å². The molecule has 0 aliphatic heterocycles. The highest BCUT2D eigenvalue weighted by Crippen LogP contribution is 2.44. The Labute approximate surface area is 142 Å². The number of aryl methyl sites for hydroxylation is 1. The Hall–Kier alpha value is -2.61.